The van der Waals surface area contributed by atoms with Gasteiger partial charge in [0.05, 0.1) is 6.10 Å². The molecule has 0 bridgehead atoms. The number of hydrogen-bond donors (Lipinski definition) is 3. The highest BCUT2D eigenvalue weighted by Gasteiger charge is 2.10. The molecule has 0 saturated carbocycles. The van der Waals surface area contributed by atoms with Crippen molar-refractivity contribution in [3.8, 4) is 0 Å². The summed E-state index contributed by atoms with van der Waals surface area (Å²) in [6.07, 6.45) is 0.593. The fourth-order valence-corrected chi connectivity index (χ4v) is 0.618. The highest BCUT2D eigenvalue weighted by molar-refractivity contribution is 4.68. The first-order chi connectivity index (χ1) is 4.22. The Labute approximate surface area is 55.5 Å². The first-order valence-electron chi connectivity index (χ1n) is 3.26. The number of nitrogens with two attached hydrogens (primary N) is 1. The van der Waals surface area contributed by atoms with E-state index in [0.717, 1.165) is 6.42 Å². The summed E-state index contributed by atoms with van der Waals surface area (Å²) in [6.45, 7) is 1.92. The van der Waals surface area contributed by atoms with E-state index in [-0.39, 0.29) is 12.6 Å². The molecular weight excluding hydrogens is 118 g/mol. The van der Waals surface area contributed by atoms with Crippen LogP contribution in [0.1, 0.15) is 19.8 Å². The zero-order valence-electron chi connectivity index (χ0n) is 5.75. The zero-order valence-corrected chi connectivity index (χ0v) is 5.75. The van der Waals surface area contributed by atoms with E-state index in [1.807, 2.05) is 6.92 Å². The number of aliphatic hydroxyl groups excluding tert-OH is 2. The summed E-state index contributed by atoms with van der Waals surface area (Å²) in [5.74, 6) is 0. The second-order valence-corrected chi connectivity index (χ2v) is 2.15. The van der Waals surface area contributed by atoms with Crippen LogP contribution in [0, 0.1) is 0 Å². The van der Waals surface area contributed by atoms with E-state index in [1.165, 1.54) is 0 Å². The molecule has 0 spiro atoms. The van der Waals surface area contributed by atoms with E-state index in [4.69, 9.17) is 15.9 Å². The van der Waals surface area contributed by atoms with Crippen LogP contribution in [0.5, 0.6) is 0 Å². The summed E-state index contributed by atoms with van der Waals surface area (Å²) in [6, 6.07) is -0.183. The predicted octanol–water partition coefficient (Wildman–Crippen LogP) is -0.533. The molecule has 56 valence electrons. The van der Waals surface area contributed by atoms with Crippen LogP contribution in [0.25, 0.3) is 0 Å². The first-order valence-corrected chi connectivity index (χ1v) is 3.26. The Hall–Kier alpha value is -0.120. The Morgan fingerprint density at radius 2 is 2.11 bits per heavy atom. The van der Waals surface area contributed by atoms with Gasteiger partial charge in [0.1, 0.15) is 0 Å². The lowest BCUT2D eigenvalue weighted by molar-refractivity contribution is 0.108. The normalized spacial score (nSPS) is 17.3. The minimum atomic E-state index is -0.542. The summed E-state index contributed by atoms with van der Waals surface area (Å²) in [5, 5.41) is 17.4. The van der Waals surface area contributed by atoms with Gasteiger partial charge in [0.25, 0.3) is 0 Å². The lowest BCUT2D eigenvalue weighted by Gasteiger charge is -2.14. The van der Waals surface area contributed by atoms with Crippen molar-refractivity contribution in [2.45, 2.75) is 31.9 Å². The van der Waals surface area contributed by atoms with Gasteiger partial charge < -0.3 is 15.9 Å². The van der Waals surface area contributed by atoms with Crippen LogP contribution in [0.15, 0.2) is 0 Å². The average Bonchev–Trinajstić information content (AvgIpc) is 1.87. The van der Waals surface area contributed by atoms with Crippen LogP contribution in [-0.4, -0.2) is 29.0 Å². The van der Waals surface area contributed by atoms with Crippen LogP contribution in [0.2, 0.25) is 0 Å². The smallest absolute Gasteiger partial charge is 0.0712 e. The van der Waals surface area contributed by atoms with Gasteiger partial charge in [-0.3, -0.25) is 0 Å². The van der Waals surface area contributed by atoms with Crippen molar-refractivity contribution in [3.63, 3.8) is 0 Å². The molecule has 0 aliphatic carbocycles. The summed E-state index contributed by atoms with van der Waals surface area (Å²) >= 11 is 0. The van der Waals surface area contributed by atoms with Crippen molar-refractivity contribution >= 4 is 0 Å². The molecule has 0 radical (unpaired) electrons. The number of hydrogen-bond acceptors (Lipinski definition) is 3. The van der Waals surface area contributed by atoms with Crippen LogP contribution in [0.4, 0.5) is 0 Å². The third-order valence-corrected chi connectivity index (χ3v) is 1.39. The van der Waals surface area contributed by atoms with Gasteiger partial charge in [0.15, 0.2) is 0 Å². The molecule has 0 fully saturated rings. The molecule has 9 heavy (non-hydrogen) atoms. The van der Waals surface area contributed by atoms with E-state index in [1.54, 1.807) is 0 Å². The van der Waals surface area contributed by atoms with E-state index in [0.29, 0.717) is 6.42 Å². The Kier molecular flexibility index (Phi) is 4.67. The quantitative estimate of drug-likeness (QED) is 0.483. The monoisotopic (exact) mass is 133 g/mol. The summed E-state index contributed by atoms with van der Waals surface area (Å²) in [5.41, 5.74) is 5.44. The third-order valence-electron chi connectivity index (χ3n) is 1.39. The highest BCUT2D eigenvalue weighted by atomic mass is 16.3. The fourth-order valence-electron chi connectivity index (χ4n) is 0.618. The second kappa shape index (κ2) is 4.73. The molecule has 0 heterocycles. The molecular formula is C6H15NO2. The maximum atomic E-state index is 9.03. The van der Waals surface area contributed by atoms with Gasteiger partial charge >= 0.3 is 0 Å². The SMILES string of the molecule is CC[C@H](N)[C@@H](O)CCO. The standard InChI is InChI=1S/C6H15NO2/c1-2-5(7)6(9)3-4-8/h5-6,8-9H,2-4,7H2,1H3/t5-,6-/m0/s1. The molecule has 3 nitrogen and oxygen atoms in total. The van der Waals surface area contributed by atoms with Crippen molar-refractivity contribution < 1.29 is 10.2 Å². The molecule has 4 N–H and O–H groups in total. The molecule has 0 amide bonds. The van der Waals surface area contributed by atoms with Crippen molar-refractivity contribution in [1.29, 1.82) is 0 Å². The zero-order chi connectivity index (χ0) is 7.28. The summed E-state index contributed by atoms with van der Waals surface area (Å²) in [7, 11) is 0. The van der Waals surface area contributed by atoms with E-state index in [2.05, 4.69) is 0 Å². The maximum absolute atomic E-state index is 9.03. The Morgan fingerprint density at radius 3 is 2.44 bits per heavy atom. The summed E-state index contributed by atoms with van der Waals surface area (Å²) < 4.78 is 0. The molecule has 0 aliphatic heterocycles. The molecule has 0 aromatic heterocycles. The Bertz CT molecular complexity index is 68.1. The van der Waals surface area contributed by atoms with E-state index >= 15 is 0 Å². The van der Waals surface area contributed by atoms with Crippen molar-refractivity contribution in [3.05, 3.63) is 0 Å². The largest absolute Gasteiger partial charge is 0.396 e. The predicted molar refractivity (Wildman–Crippen MR) is 36.0 cm³/mol. The fraction of sp³-hybridized carbons (Fsp3) is 1.00. The molecule has 0 unspecified atom stereocenters. The average molecular weight is 133 g/mol. The second-order valence-electron chi connectivity index (χ2n) is 2.15. The molecule has 0 rings (SSSR count). The lowest BCUT2D eigenvalue weighted by atomic mass is 10.1. The Balaban J connectivity index is 3.32. The molecule has 3 heteroatoms. The van der Waals surface area contributed by atoms with Crippen LogP contribution in [0.3, 0.4) is 0 Å². The van der Waals surface area contributed by atoms with Gasteiger partial charge in [0, 0.05) is 12.6 Å². The molecule has 2 atom stereocenters. The van der Waals surface area contributed by atoms with Gasteiger partial charge in [-0.1, -0.05) is 6.92 Å². The van der Waals surface area contributed by atoms with Gasteiger partial charge in [-0.2, -0.15) is 0 Å². The topological polar surface area (TPSA) is 66.5 Å². The van der Waals surface area contributed by atoms with E-state index < -0.39 is 6.10 Å². The van der Waals surface area contributed by atoms with Gasteiger partial charge in [-0.15, -0.1) is 0 Å². The van der Waals surface area contributed by atoms with Gasteiger partial charge in [-0.05, 0) is 12.8 Å². The molecule has 0 aliphatic rings. The van der Waals surface area contributed by atoms with Crippen LogP contribution in [-0.2, 0) is 0 Å². The third kappa shape index (κ3) is 3.46. The summed E-state index contributed by atoms with van der Waals surface area (Å²) in [4.78, 5) is 0. The van der Waals surface area contributed by atoms with Crippen LogP contribution >= 0.6 is 0 Å². The van der Waals surface area contributed by atoms with Gasteiger partial charge in [0.2, 0.25) is 0 Å². The number of rotatable bonds is 4. The molecule has 0 aromatic carbocycles. The van der Waals surface area contributed by atoms with Crippen molar-refractivity contribution in [2.75, 3.05) is 6.61 Å². The van der Waals surface area contributed by atoms with Crippen molar-refractivity contribution in [2.24, 2.45) is 5.73 Å². The minimum absolute atomic E-state index is 0.00880. The first kappa shape index (κ1) is 8.88. The van der Waals surface area contributed by atoms with Crippen LogP contribution < -0.4 is 5.73 Å². The molecule has 0 saturated heterocycles. The lowest BCUT2D eigenvalue weighted by Crippen LogP contribution is -2.34. The van der Waals surface area contributed by atoms with Crippen molar-refractivity contribution in [1.82, 2.24) is 0 Å². The number of aliphatic hydroxyl groups is 2. The maximum Gasteiger partial charge on any atom is 0.0712 e. The highest BCUT2D eigenvalue weighted by Crippen LogP contribution is 1.98. The van der Waals surface area contributed by atoms with E-state index in [9.17, 15) is 0 Å². The minimum Gasteiger partial charge on any atom is -0.396 e. The molecule has 0 aromatic rings. The Morgan fingerprint density at radius 1 is 1.56 bits per heavy atom. The van der Waals surface area contributed by atoms with Gasteiger partial charge in [-0.25, -0.2) is 0 Å².